The normalized spacial score (nSPS) is 15.5. The molecule has 128 valence electrons. The fourth-order valence-electron chi connectivity index (χ4n) is 2.91. The van der Waals surface area contributed by atoms with Gasteiger partial charge in [0.15, 0.2) is 5.78 Å². The van der Waals surface area contributed by atoms with Gasteiger partial charge in [0.1, 0.15) is 0 Å². The van der Waals surface area contributed by atoms with Crippen LogP contribution < -0.4 is 10.6 Å². The van der Waals surface area contributed by atoms with Crippen LogP contribution in [0, 0.1) is 0 Å². The summed E-state index contributed by atoms with van der Waals surface area (Å²) in [7, 11) is 0. The molecule has 2 heterocycles. The molecule has 0 saturated heterocycles. The summed E-state index contributed by atoms with van der Waals surface area (Å²) in [5.41, 5.74) is 4.09. The van der Waals surface area contributed by atoms with Crippen molar-refractivity contribution >= 4 is 30.2 Å². The van der Waals surface area contributed by atoms with Gasteiger partial charge >= 0.3 is 0 Å². The molecule has 2 nitrogen and oxygen atoms in total. The second kappa shape index (κ2) is 7.83. The molecular formula is C22H23NOS. The van der Waals surface area contributed by atoms with Crippen LogP contribution in [0.1, 0.15) is 31.4 Å². The van der Waals surface area contributed by atoms with Crippen molar-refractivity contribution in [1.82, 2.24) is 4.98 Å². The van der Waals surface area contributed by atoms with E-state index in [9.17, 15) is 4.79 Å². The Kier molecular flexibility index (Phi) is 5.54. The minimum absolute atomic E-state index is 0.151. The van der Waals surface area contributed by atoms with Crippen LogP contribution in [0.5, 0.6) is 0 Å². The molecule has 3 rings (SSSR count). The van der Waals surface area contributed by atoms with Crippen LogP contribution in [-0.2, 0) is 17.6 Å². The van der Waals surface area contributed by atoms with E-state index in [1.54, 1.807) is 0 Å². The lowest BCUT2D eigenvalue weighted by molar-refractivity contribution is -0.114. The number of fused-ring (bicyclic) bond motifs is 1. The summed E-state index contributed by atoms with van der Waals surface area (Å²) >= 11 is 1.81. The predicted molar refractivity (Wildman–Crippen MR) is 106 cm³/mol. The molecule has 1 aromatic heterocycles. The second-order valence-electron chi connectivity index (χ2n) is 6.49. The van der Waals surface area contributed by atoms with E-state index in [0.717, 1.165) is 44.5 Å². The third kappa shape index (κ3) is 4.29. The van der Waals surface area contributed by atoms with Crippen molar-refractivity contribution in [2.45, 2.75) is 38.1 Å². The van der Waals surface area contributed by atoms with Crippen molar-refractivity contribution in [2.75, 3.05) is 5.75 Å². The summed E-state index contributed by atoms with van der Waals surface area (Å²) in [6, 6.07) is 12.0. The van der Waals surface area contributed by atoms with Gasteiger partial charge in [0.2, 0.25) is 0 Å². The lowest BCUT2D eigenvalue weighted by Gasteiger charge is -2.13. The van der Waals surface area contributed by atoms with Crippen molar-refractivity contribution in [3.63, 3.8) is 0 Å². The first-order valence-electron chi connectivity index (χ1n) is 8.62. The zero-order valence-corrected chi connectivity index (χ0v) is 15.7. The van der Waals surface area contributed by atoms with E-state index >= 15 is 0 Å². The van der Waals surface area contributed by atoms with Gasteiger partial charge < -0.3 is 0 Å². The first-order valence-corrected chi connectivity index (χ1v) is 9.61. The molecule has 0 spiro atoms. The number of nitrogens with zero attached hydrogens (tertiary/aromatic N) is 1. The maximum absolute atomic E-state index is 12.5. The lowest BCUT2D eigenvalue weighted by Crippen LogP contribution is -2.29. The summed E-state index contributed by atoms with van der Waals surface area (Å²) in [5.74, 6) is 1.28. The summed E-state index contributed by atoms with van der Waals surface area (Å²) in [4.78, 5) is 17.3. The maximum Gasteiger partial charge on any atom is 0.163 e. The molecular weight excluding hydrogens is 326 g/mol. The molecule has 2 aromatic rings. The number of aryl methyl sites for hydroxylation is 1. The summed E-state index contributed by atoms with van der Waals surface area (Å²) < 4.78 is 0. The minimum atomic E-state index is 0.151. The van der Waals surface area contributed by atoms with Gasteiger partial charge in [0.25, 0.3) is 0 Å². The van der Waals surface area contributed by atoms with Crippen LogP contribution in [-0.4, -0.2) is 16.5 Å². The number of carbonyl (C=O) groups excluding carboxylic acids is 1. The monoisotopic (exact) mass is 349 g/mol. The van der Waals surface area contributed by atoms with Crippen LogP contribution in [0.4, 0.5) is 0 Å². The van der Waals surface area contributed by atoms with Crippen LogP contribution in [0.3, 0.4) is 0 Å². The highest BCUT2D eigenvalue weighted by atomic mass is 32.2. The Morgan fingerprint density at radius 2 is 2.04 bits per heavy atom. The Labute approximate surface area is 153 Å². The summed E-state index contributed by atoms with van der Waals surface area (Å²) in [6.07, 6.45) is 4.72. The zero-order valence-electron chi connectivity index (χ0n) is 14.8. The largest absolute Gasteiger partial charge is 0.294 e. The standard InChI is InChI=1S/C22H23NOS/c1-15(17(3)21(24)14-18-8-5-4-6-9-18)13-20-16(2)12-19-10-7-11-25-22(19)23-20/h4-6,8-9,12-13H,2,7,10-11,14H2,1,3H3/b17-15+,20-13+. The molecule has 1 aliphatic heterocycles. The van der Waals surface area contributed by atoms with Crippen molar-refractivity contribution < 1.29 is 4.79 Å². The number of thioether (sulfide) groups is 1. The van der Waals surface area contributed by atoms with Crippen molar-refractivity contribution in [3.8, 4) is 0 Å². The lowest BCUT2D eigenvalue weighted by atomic mass is 10.00. The van der Waals surface area contributed by atoms with Crippen LogP contribution in [0.15, 0.2) is 52.6 Å². The smallest absolute Gasteiger partial charge is 0.163 e. The second-order valence-corrected chi connectivity index (χ2v) is 7.57. The van der Waals surface area contributed by atoms with Crippen LogP contribution >= 0.6 is 11.8 Å². The van der Waals surface area contributed by atoms with Gasteiger partial charge in [-0.2, -0.15) is 0 Å². The van der Waals surface area contributed by atoms with Gasteiger partial charge in [-0.15, -0.1) is 11.8 Å². The molecule has 0 bridgehead atoms. The van der Waals surface area contributed by atoms with E-state index in [1.807, 2.05) is 62.0 Å². The van der Waals surface area contributed by atoms with Crippen molar-refractivity contribution in [2.24, 2.45) is 0 Å². The highest BCUT2D eigenvalue weighted by molar-refractivity contribution is 7.99. The number of benzene rings is 1. The molecule has 1 aromatic carbocycles. The SMILES string of the molecule is C=c1cc2c(n/c1=C/C(C)=C(\C)C(=O)Cc1ccccc1)SCCC2. The third-order valence-corrected chi connectivity index (χ3v) is 5.69. The maximum atomic E-state index is 12.5. The third-order valence-electron chi connectivity index (χ3n) is 4.57. The Morgan fingerprint density at radius 3 is 2.80 bits per heavy atom. The molecule has 3 heteroatoms. The molecule has 0 amide bonds. The topological polar surface area (TPSA) is 30.0 Å². The van der Waals surface area contributed by atoms with Crippen molar-refractivity contribution in [1.29, 1.82) is 0 Å². The van der Waals surface area contributed by atoms with Gasteiger partial charge in [0.05, 0.1) is 10.4 Å². The predicted octanol–water partition coefficient (Wildman–Crippen LogP) is 3.46. The number of Topliss-reactive ketones (excluding diaryl/α,β-unsaturated/α-hetero) is 1. The van der Waals surface area contributed by atoms with Crippen molar-refractivity contribution in [3.05, 3.63) is 69.2 Å². The summed E-state index contributed by atoms with van der Waals surface area (Å²) in [6.45, 7) is 8.02. The number of pyridine rings is 1. The van der Waals surface area contributed by atoms with Crippen LogP contribution in [0.2, 0.25) is 0 Å². The van der Waals surface area contributed by atoms with E-state index in [0.29, 0.717) is 6.42 Å². The van der Waals surface area contributed by atoms with E-state index in [2.05, 4.69) is 12.6 Å². The Balaban J connectivity index is 1.90. The molecule has 0 saturated carbocycles. The molecule has 0 radical (unpaired) electrons. The van der Waals surface area contributed by atoms with Crippen LogP contribution in [0.25, 0.3) is 12.7 Å². The molecule has 0 unspecified atom stereocenters. The molecule has 0 atom stereocenters. The van der Waals surface area contributed by atoms with E-state index in [1.165, 1.54) is 12.0 Å². The number of ketones is 1. The first kappa shape index (κ1) is 17.7. The van der Waals surface area contributed by atoms with E-state index in [-0.39, 0.29) is 5.78 Å². The average molecular weight is 349 g/mol. The Bertz CT molecular complexity index is 928. The fraction of sp³-hybridized carbons (Fsp3) is 0.273. The quantitative estimate of drug-likeness (QED) is 0.792. The van der Waals surface area contributed by atoms with E-state index in [4.69, 9.17) is 4.98 Å². The number of hydrogen-bond donors (Lipinski definition) is 0. The van der Waals surface area contributed by atoms with Gasteiger partial charge in [-0.3, -0.25) is 4.79 Å². The molecule has 1 aliphatic rings. The Hall–Kier alpha value is -2.13. The number of hydrogen-bond acceptors (Lipinski definition) is 3. The first-order chi connectivity index (χ1) is 12.0. The zero-order chi connectivity index (χ0) is 17.8. The molecule has 0 aliphatic carbocycles. The minimum Gasteiger partial charge on any atom is -0.294 e. The highest BCUT2D eigenvalue weighted by Crippen LogP contribution is 2.25. The molecule has 25 heavy (non-hydrogen) atoms. The number of allylic oxidation sites excluding steroid dienone is 2. The van der Waals surface area contributed by atoms with Gasteiger partial charge in [-0.05, 0) is 72.1 Å². The van der Waals surface area contributed by atoms with Gasteiger partial charge in [0, 0.05) is 6.42 Å². The molecule has 0 N–H and O–H groups in total. The summed E-state index contributed by atoms with van der Waals surface area (Å²) in [5, 5.41) is 2.92. The fourth-order valence-corrected chi connectivity index (χ4v) is 3.90. The Morgan fingerprint density at radius 1 is 1.28 bits per heavy atom. The highest BCUT2D eigenvalue weighted by Gasteiger charge is 2.11. The average Bonchev–Trinajstić information content (AvgIpc) is 2.62. The number of rotatable bonds is 4. The molecule has 0 fully saturated rings. The van der Waals surface area contributed by atoms with Gasteiger partial charge in [-0.25, -0.2) is 4.98 Å². The number of carbonyl (C=O) groups is 1. The number of aromatic nitrogens is 1. The van der Waals surface area contributed by atoms with Gasteiger partial charge in [-0.1, -0.05) is 36.9 Å². The van der Waals surface area contributed by atoms with E-state index < -0.39 is 0 Å².